The molecule has 3 aromatic carbocycles. The average molecular weight is 447 g/mol. The first-order valence-electron chi connectivity index (χ1n) is 10.8. The first-order chi connectivity index (χ1) is 16.0. The number of nitrogens with zero attached hydrogens (tertiary/aromatic N) is 2. The first-order valence-corrected chi connectivity index (χ1v) is 10.8. The van der Waals surface area contributed by atoms with Crippen LogP contribution in [0.4, 0.5) is 14.7 Å². The number of allylic oxidation sites excluding steroid dienone is 1. The largest absolute Gasteiger partial charge is 0.490 e. The van der Waals surface area contributed by atoms with Crippen LogP contribution >= 0.6 is 0 Å². The van der Waals surface area contributed by atoms with Crippen LogP contribution in [0.3, 0.4) is 0 Å². The number of ether oxygens (including phenoxy) is 2. The van der Waals surface area contributed by atoms with E-state index in [9.17, 15) is 8.78 Å². The first kappa shape index (κ1) is 21.0. The van der Waals surface area contributed by atoms with E-state index >= 15 is 0 Å². The predicted octanol–water partition coefficient (Wildman–Crippen LogP) is 6.40. The van der Waals surface area contributed by atoms with Crippen molar-refractivity contribution >= 4 is 22.7 Å². The van der Waals surface area contributed by atoms with Crippen molar-refractivity contribution in [1.29, 1.82) is 0 Å². The van der Waals surface area contributed by atoms with Gasteiger partial charge in [-0.2, -0.15) is 8.78 Å². The number of imidazole rings is 1. The van der Waals surface area contributed by atoms with Gasteiger partial charge in [-0.15, -0.1) is 0 Å². The summed E-state index contributed by atoms with van der Waals surface area (Å²) >= 11 is 0. The number of hydrogen-bond acceptors (Lipinski definition) is 4. The maximum Gasteiger partial charge on any atom is 0.387 e. The molecule has 7 heteroatoms. The van der Waals surface area contributed by atoms with Crippen LogP contribution in [0.15, 0.2) is 72.8 Å². The van der Waals surface area contributed by atoms with Gasteiger partial charge in [0.25, 0.3) is 0 Å². The third kappa shape index (κ3) is 4.02. The van der Waals surface area contributed by atoms with Crippen LogP contribution in [0, 0.1) is 6.92 Å². The number of aryl methyl sites for hydroxylation is 1. The van der Waals surface area contributed by atoms with Crippen molar-refractivity contribution in [3.63, 3.8) is 0 Å². The number of anilines is 1. The Kier molecular flexibility index (Phi) is 5.46. The van der Waals surface area contributed by atoms with Gasteiger partial charge in [0, 0.05) is 5.70 Å². The highest BCUT2D eigenvalue weighted by molar-refractivity contribution is 5.85. The summed E-state index contributed by atoms with van der Waals surface area (Å²) in [6.07, 6.45) is 2.12. The van der Waals surface area contributed by atoms with Crippen molar-refractivity contribution < 1.29 is 18.3 Å². The quantitative estimate of drug-likeness (QED) is 0.372. The summed E-state index contributed by atoms with van der Waals surface area (Å²) in [5.74, 6) is 1.01. The lowest BCUT2D eigenvalue weighted by Gasteiger charge is -2.27. The number of aromatic nitrogens is 2. The van der Waals surface area contributed by atoms with Gasteiger partial charge in [0.05, 0.1) is 23.7 Å². The van der Waals surface area contributed by atoms with E-state index in [4.69, 9.17) is 9.72 Å². The second kappa shape index (κ2) is 8.58. The van der Waals surface area contributed by atoms with Crippen LogP contribution in [-0.4, -0.2) is 22.8 Å². The fourth-order valence-corrected chi connectivity index (χ4v) is 4.21. The zero-order valence-corrected chi connectivity index (χ0v) is 18.3. The van der Waals surface area contributed by atoms with E-state index in [2.05, 4.69) is 39.8 Å². The van der Waals surface area contributed by atoms with Crippen LogP contribution in [0.5, 0.6) is 11.5 Å². The highest BCUT2D eigenvalue weighted by atomic mass is 19.3. The highest BCUT2D eigenvalue weighted by Gasteiger charge is 2.26. The predicted molar refractivity (Wildman–Crippen MR) is 125 cm³/mol. The zero-order chi connectivity index (χ0) is 22.9. The van der Waals surface area contributed by atoms with Gasteiger partial charge >= 0.3 is 6.61 Å². The summed E-state index contributed by atoms with van der Waals surface area (Å²) in [6, 6.07) is 21.0. The van der Waals surface area contributed by atoms with Crippen molar-refractivity contribution in [3.05, 3.63) is 89.5 Å². The number of benzene rings is 3. The molecule has 4 aromatic rings. The molecule has 0 spiro atoms. The number of halogens is 2. The fourth-order valence-electron chi connectivity index (χ4n) is 4.21. The second-order valence-electron chi connectivity index (χ2n) is 7.83. The lowest BCUT2D eigenvalue weighted by Crippen LogP contribution is -2.19. The Balaban J connectivity index is 1.67. The molecular formula is C26H23F2N3O2. The molecule has 0 radical (unpaired) electrons. The normalized spacial score (nSPS) is 15.2. The summed E-state index contributed by atoms with van der Waals surface area (Å²) in [6.45, 7) is 1.26. The third-order valence-corrected chi connectivity index (χ3v) is 5.60. The molecule has 1 unspecified atom stereocenters. The Bertz CT molecular complexity index is 1350. The minimum atomic E-state index is -2.93. The van der Waals surface area contributed by atoms with Crippen molar-refractivity contribution in [2.75, 3.05) is 11.9 Å². The molecule has 0 amide bonds. The number of rotatable bonds is 6. The minimum absolute atomic E-state index is 0.0168. The van der Waals surface area contributed by atoms with Crippen LogP contribution in [0.2, 0.25) is 0 Å². The zero-order valence-electron chi connectivity index (χ0n) is 18.3. The molecule has 5 nitrogen and oxygen atoms in total. The fraction of sp³-hybridized carbons (Fsp3) is 0.192. The Morgan fingerprint density at radius 1 is 1.03 bits per heavy atom. The minimum Gasteiger partial charge on any atom is -0.490 e. The van der Waals surface area contributed by atoms with Crippen molar-refractivity contribution in [2.45, 2.75) is 26.5 Å². The number of hydrogen-bond donors (Lipinski definition) is 1. The van der Waals surface area contributed by atoms with Gasteiger partial charge < -0.3 is 14.8 Å². The van der Waals surface area contributed by atoms with Crippen LogP contribution < -0.4 is 14.8 Å². The molecule has 1 aromatic heterocycles. The van der Waals surface area contributed by atoms with Gasteiger partial charge in [-0.05, 0) is 61.4 Å². The lowest BCUT2D eigenvalue weighted by molar-refractivity contribution is -0.0514. The van der Waals surface area contributed by atoms with Crippen molar-refractivity contribution in [1.82, 2.24) is 9.55 Å². The summed E-state index contributed by atoms with van der Waals surface area (Å²) < 4.78 is 38.2. The Hall–Kier alpha value is -3.87. The van der Waals surface area contributed by atoms with E-state index in [1.54, 1.807) is 19.1 Å². The molecular weight excluding hydrogens is 424 g/mol. The molecule has 1 atom stereocenters. The topological polar surface area (TPSA) is 48.3 Å². The molecule has 168 valence electrons. The van der Waals surface area contributed by atoms with E-state index in [-0.39, 0.29) is 17.5 Å². The van der Waals surface area contributed by atoms with Crippen LogP contribution in [0.1, 0.15) is 29.7 Å². The maximum atomic E-state index is 12.9. The smallest absolute Gasteiger partial charge is 0.387 e. The lowest BCUT2D eigenvalue weighted by atomic mass is 10.00. The summed E-state index contributed by atoms with van der Waals surface area (Å²) in [4.78, 5) is 4.80. The van der Waals surface area contributed by atoms with E-state index in [1.165, 1.54) is 6.07 Å². The number of fused-ring (bicyclic) bond motifs is 3. The number of nitrogens with one attached hydrogen (secondary N) is 1. The van der Waals surface area contributed by atoms with Gasteiger partial charge in [0.1, 0.15) is 0 Å². The third-order valence-electron chi connectivity index (χ3n) is 5.60. The van der Waals surface area contributed by atoms with Gasteiger partial charge in [-0.1, -0.05) is 42.0 Å². The summed E-state index contributed by atoms with van der Waals surface area (Å²) in [7, 11) is 0. The Labute approximate surface area is 190 Å². The molecule has 1 aliphatic rings. The molecule has 1 aliphatic heterocycles. The maximum absolute atomic E-state index is 12.9. The summed E-state index contributed by atoms with van der Waals surface area (Å²) in [5, 5.41) is 3.46. The van der Waals surface area contributed by atoms with E-state index in [0.717, 1.165) is 33.4 Å². The van der Waals surface area contributed by atoms with Gasteiger partial charge in [0.2, 0.25) is 5.95 Å². The van der Waals surface area contributed by atoms with Crippen molar-refractivity contribution in [3.8, 4) is 11.5 Å². The monoisotopic (exact) mass is 447 g/mol. The number of para-hydroxylation sites is 2. The Morgan fingerprint density at radius 3 is 2.67 bits per heavy atom. The standard InChI is InChI=1S/C26H23F2N3O2/c1-3-32-24-14-18(11-12-23(24)33-25(27)28)22-15-20(17-8-6-7-16(2)13-17)30-26-29-19-9-4-5-10-21(19)31(22)26/h4-15,22,25H,3H2,1-2H3,(H,29,30). The second-order valence-corrected chi connectivity index (χ2v) is 7.83. The molecule has 1 N–H and O–H groups in total. The number of alkyl halides is 2. The SMILES string of the molecule is CCOc1cc(C2C=C(c3cccc(C)c3)Nc3nc4ccccc4n32)ccc1OC(F)F. The van der Waals surface area contributed by atoms with Crippen LogP contribution in [0.25, 0.3) is 16.7 Å². The molecule has 0 saturated heterocycles. The molecule has 0 aliphatic carbocycles. The van der Waals surface area contributed by atoms with Crippen LogP contribution in [-0.2, 0) is 0 Å². The average Bonchev–Trinajstić information content (AvgIpc) is 3.18. The van der Waals surface area contributed by atoms with Gasteiger partial charge in [0.15, 0.2) is 11.5 Å². The molecule has 5 rings (SSSR count). The van der Waals surface area contributed by atoms with E-state index in [1.807, 2.05) is 36.4 Å². The molecule has 0 bridgehead atoms. The van der Waals surface area contributed by atoms with Gasteiger partial charge in [-0.25, -0.2) is 4.98 Å². The molecule has 33 heavy (non-hydrogen) atoms. The van der Waals surface area contributed by atoms with Gasteiger partial charge in [-0.3, -0.25) is 4.57 Å². The van der Waals surface area contributed by atoms with Crippen molar-refractivity contribution in [2.24, 2.45) is 0 Å². The van der Waals surface area contributed by atoms with E-state index in [0.29, 0.717) is 12.6 Å². The molecule has 0 fully saturated rings. The van der Waals surface area contributed by atoms with E-state index < -0.39 is 6.61 Å². The highest BCUT2D eigenvalue weighted by Crippen LogP contribution is 2.40. The molecule has 0 saturated carbocycles. The molecule has 2 heterocycles. The summed E-state index contributed by atoms with van der Waals surface area (Å²) in [5.41, 5.74) is 5.83. The Morgan fingerprint density at radius 2 is 1.88 bits per heavy atom.